The Labute approximate surface area is 212 Å². The Bertz CT molecular complexity index is 1480. The average Bonchev–Trinajstić information content (AvgIpc) is 3.40. The van der Waals surface area contributed by atoms with Gasteiger partial charge in [-0.2, -0.15) is 0 Å². The molecule has 0 atom stereocenters. The molecule has 0 radical (unpaired) electrons. The lowest BCUT2D eigenvalue weighted by atomic mass is 10.0. The molecule has 188 valence electrons. The van der Waals surface area contributed by atoms with Gasteiger partial charge >= 0.3 is 0 Å². The maximum atomic E-state index is 13.5. The van der Waals surface area contributed by atoms with Gasteiger partial charge < -0.3 is 9.84 Å². The molecule has 4 aromatic rings. The zero-order chi connectivity index (χ0) is 25.3. The van der Waals surface area contributed by atoms with Crippen molar-refractivity contribution in [1.82, 2.24) is 25.4 Å². The van der Waals surface area contributed by atoms with Gasteiger partial charge in [0.25, 0.3) is 0 Å². The first-order chi connectivity index (χ1) is 17.3. The lowest BCUT2D eigenvalue weighted by Gasteiger charge is -2.32. The van der Waals surface area contributed by atoms with E-state index < -0.39 is 14.6 Å². The fourth-order valence-corrected chi connectivity index (χ4v) is 6.63. The van der Waals surface area contributed by atoms with Crippen molar-refractivity contribution in [3.8, 4) is 34.0 Å². The number of aromatic nitrogens is 4. The van der Waals surface area contributed by atoms with Gasteiger partial charge in [-0.3, -0.25) is 9.97 Å². The van der Waals surface area contributed by atoms with Crippen molar-refractivity contribution in [3.05, 3.63) is 72.3 Å². The van der Waals surface area contributed by atoms with Crippen LogP contribution >= 0.6 is 0 Å². The highest BCUT2D eigenvalue weighted by Gasteiger charge is 2.43. The molecule has 1 aromatic carbocycles. The molecule has 1 fully saturated rings. The van der Waals surface area contributed by atoms with Crippen LogP contribution in [0.1, 0.15) is 39.5 Å². The summed E-state index contributed by atoms with van der Waals surface area (Å²) in [5.74, 6) is 0.517. The summed E-state index contributed by atoms with van der Waals surface area (Å²) in [6.07, 6.45) is 4.54. The van der Waals surface area contributed by atoms with E-state index in [-0.39, 0.29) is 6.68 Å². The molecule has 0 amide bonds. The second-order valence-corrected chi connectivity index (χ2v) is 12.3. The third-order valence-electron chi connectivity index (χ3n) is 6.88. The fraction of sp³-hybridized carbons (Fsp3) is 0.333. The molecule has 1 aliphatic rings. The number of hydrogen-bond donors (Lipinski definition) is 1. The molecule has 0 aliphatic carbocycles. The standard InChI is InChI=1S/C27H29N5O3S.H2/c1-18-26(24-16-22(32-35-24)19-7-5-4-6-8-19)31-23(17-30-18)20-9-14-29-25(15-20)27(2,3)36(33,34)21-10-12-28-13-11-21;/h4-9,14-17,21,28H,10-13H2,1-3H3;1H. The fourth-order valence-electron chi connectivity index (χ4n) is 4.54. The minimum absolute atomic E-state index is 0. The topological polar surface area (TPSA) is 111 Å². The van der Waals surface area contributed by atoms with Gasteiger partial charge in [-0.25, -0.2) is 13.4 Å². The van der Waals surface area contributed by atoms with Crippen molar-refractivity contribution in [1.29, 1.82) is 0 Å². The lowest BCUT2D eigenvalue weighted by molar-refractivity contribution is 0.433. The summed E-state index contributed by atoms with van der Waals surface area (Å²) in [5.41, 5.74) is 4.80. The van der Waals surface area contributed by atoms with Crippen molar-refractivity contribution in [2.45, 2.75) is 43.6 Å². The van der Waals surface area contributed by atoms with Gasteiger partial charge in [-0.05, 0) is 58.8 Å². The molecule has 0 unspecified atom stereocenters. The molecule has 1 aliphatic heterocycles. The van der Waals surface area contributed by atoms with Crippen LogP contribution in [0.5, 0.6) is 0 Å². The normalized spacial score (nSPS) is 15.2. The first kappa shape index (κ1) is 24.3. The summed E-state index contributed by atoms with van der Waals surface area (Å²) in [6, 6.07) is 15.2. The van der Waals surface area contributed by atoms with Gasteiger partial charge in [0.05, 0.1) is 28.5 Å². The molecule has 4 heterocycles. The number of pyridine rings is 1. The number of nitrogens with one attached hydrogen (secondary N) is 1. The summed E-state index contributed by atoms with van der Waals surface area (Å²) in [7, 11) is -3.46. The van der Waals surface area contributed by atoms with Gasteiger partial charge in [-0.15, -0.1) is 0 Å². The Morgan fingerprint density at radius 2 is 1.75 bits per heavy atom. The summed E-state index contributed by atoms with van der Waals surface area (Å²) in [5, 5.41) is 7.06. The van der Waals surface area contributed by atoms with Crippen molar-refractivity contribution in [3.63, 3.8) is 0 Å². The zero-order valence-electron chi connectivity index (χ0n) is 20.6. The zero-order valence-corrected chi connectivity index (χ0v) is 21.4. The highest BCUT2D eigenvalue weighted by molar-refractivity contribution is 7.92. The quantitative estimate of drug-likeness (QED) is 0.397. The Balaban J connectivity index is 0.00000320. The van der Waals surface area contributed by atoms with E-state index >= 15 is 0 Å². The van der Waals surface area contributed by atoms with Crippen LogP contribution in [0.4, 0.5) is 0 Å². The molecule has 1 saturated heterocycles. The van der Waals surface area contributed by atoms with Gasteiger partial charge in [0.1, 0.15) is 16.1 Å². The summed E-state index contributed by atoms with van der Waals surface area (Å²) in [6.45, 7) is 6.76. The van der Waals surface area contributed by atoms with E-state index in [9.17, 15) is 8.42 Å². The molecular formula is C27H31N5O3S. The Hall–Kier alpha value is -3.43. The number of aryl methyl sites for hydroxylation is 1. The van der Waals surface area contributed by atoms with E-state index in [0.29, 0.717) is 60.2 Å². The molecule has 36 heavy (non-hydrogen) atoms. The third-order valence-corrected chi connectivity index (χ3v) is 9.86. The molecule has 8 nitrogen and oxygen atoms in total. The predicted octanol–water partition coefficient (Wildman–Crippen LogP) is 4.82. The Morgan fingerprint density at radius 1 is 1.00 bits per heavy atom. The largest absolute Gasteiger partial charge is 0.354 e. The second-order valence-electron chi connectivity index (χ2n) is 9.57. The summed E-state index contributed by atoms with van der Waals surface area (Å²) in [4.78, 5) is 13.8. The SMILES string of the molecule is Cc1ncc(-c2ccnc(C(C)(C)S(=O)(=O)C3CCNCC3)c2)nc1-c1cc(-c2ccccc2)no1.[HH]. The van der Waals surface area contributed by atoms with Gasteiger partial charge in [0.2, 0.25) is 0 Å². The van der Waals surface area contributed by atoms with E-state index in [1.165, 1.54) is 0 Å². The van der Waals surface area contributed by atoms with Crippen molar-refractivity contribution >= 4 is 9.84 Å². The average molecular weight is 506 g/mol. The maximum absolute atomic E-state index is 13.5. The lowest BCUT2D eigenvalue weighted by Crippen LogP contribution is -2.43. The molecule has 5 rings (SSSR count). The van der Waals surface area contributed by atoms with Crippen LogP contribution in [-0.2, 0) is 14.6 Å². The molecule has 0 bridgehead atoms. The van der Waals surface area contributed by atoms with Crippen LogP contribution in [0.15, 0.2) is 65.4 Å². The van der Waals surface area contributed by atoms with Crippen LogP contribution in [0.25, 0.3) is 34.0 Å². The molecule has 3 aromatic heterocycles. The number of rotatable bonds is 6. The van der Waals surface area contributed by atoms with Crippen molar-refractivity contribution in [2.24, 2.45) is 0 Å². The monoisotopic (exact) mass is 505 g/mol. The van der Waals surface area contributed by atoms with E-state index in [0.717, 1.165) is 11.1 Å². The summed E-state index contributed by atoms with van der Waals surface area (Å²) >= 11 is 0. The molecule has 1 N–H and O–H groups in total. The predicted molar refractivity (Wildman–Crippen MR) is 141 cm³/mol. The number of sulfone groups is 1. The molecule has 0 spiro atoms. The van der Waals surface area contributed by atoms with E-state index in [2.05, 4.69) is 20.4 Å². The van der Waals surface area contributed by atoms with Crippen LogP contribution in [-0.4, -0.2) is 46.9 Å². The molecular weight excluding hydrogens is 474 g/mol. The molecule has 9 heteroatoms. The first-order valence-corrected chi connectivity index (χ1v) is 13.6. The molecule has 0 saturated carbocycles. The first-order valence-electron chi connectivity index (χ1n) is 12.0. The highest BCUT2D eigenvalue weighted by Crippen LogP contribution is 2.36. The third kappa shape index (κ3) is 4.44. The summed E-state index contributed by atoms with van der Waals surface area (Å²) < 4.78 is 31.6. The van der Waals surface area contributed by atoms with Gasteiger partial charge in [0.15, 0.2) is 15.6 Å². The maximum Gasteiger partial charge on any atom is 0.187 e. The van der Waals surface area contributed by atoms with E-state index in [1.54, 1.807) is 32.3 Å². The Morgan fingerprint density at radius 3 is 2.50 bits per heavy atom. The minimum atomic E-state index is -3.46. The van der Waals surface area contributed by atoms with E-state index in [1.807, 2.05) is 49.4 Å². The smallest absolute Gasteiger partial charge is 0.187 e. The van der Waals surface area contributed by atoms with E-state index in [4.69, 9.17) is 9.51 Å². The number of benzene rings is 1. The highest BCUT2D eigenvalue weighted by atomic mass is 32.2. The Kier molecular flexibility index (Phi) is 6.44. The van der Waals surface area contributed by atoms with Crippen molar-refractivity contribution in [2.75, 3.05) is 13.1 Å². The van der Waals surface area contributed by atoms with Crippen LogP contribution in [0.2, 0.25) is 0 Å². The van der Waals surface area contributed by atoms with Crippen molar-refractivity contribution < 1.29 is 14.4 Å². The van der Waals surface area contributed by atoms with Crippen LogP contribution in [0, 0.1) is 6.92 Å². The number of hydrogen-bond acceptors (Lipinski definition) is 8. The second kappa shape index (κ2) is 9.55. The van der Waals surface area contributed by atoms with Gasteiger partial charge in [0, 0.05) is 24.8 Å². The van der Waals surface area contributed by atoms with Gasteiger partial charge in [-0.1, -0.05) is 35.5 Å². The van der Waals surface area contributed by atoms with Crippen LogP contribution < -0.4 is 5.32 Å². The number of nitrogens with zero attached hydrogens (tertiary/aromatic N) is 4. The minimum Gasteiger partial charge on any atom is -0.354 e. The number of piperidine rings is 1. The van der Waals surface area contributed by atoms with Crippen LogP contribution in [0.3, 0.4) is 0 Å².